The number of piperidine rings is 1. The maximum absolute atomic E-state index is 12.7. The largest absolute Gasteiger partial charge is 0.378 e. The Balaban J connectivity index is 1.95. The Kier molecular flexibility index (Phi) is 7.44. The van der Waals surface area contributed by atoms with E-state index in [0.717, 1.165) is 38.6 Å². The van der Waals surface area contributed by atoms with Crippen LogP contribution >= 0.6 is 0 Å². The molecule has 0 bridgehead atoms. The number of ether oxygens (including phenoxy) is 1. The van der Waals surface area contributed by atoms with Gasteiger partial charge >= 0.3 is 0 Å². The number of methoxy groups -OCH3 is 1. The molecule has 0 radical (unpaired) electrons. The molecule has 5 nitrogen and oxygen atoms in total. The quantitative estimate of drug-likeness (QED) is 0.735. The number of benzene rings is 1. The summed E-state index contributed by atoms with van der Waals surface area (Å²) < 4.78 is 5.64. The van der Waals surface area contributed by atoms with Gasteiger partial charge in [-0.25, -0.2) is 0 Å². The molecule has 0 aromatic heterocycles. The molecule has 2 amide bonds. The summed E-state index contributed by atoms with van der Waals surface area (Å²) in [6.45, 7) is 4.64. The summed E-state index contributed by atoms with van der Waals surface area (Å²) in [6, 6.07) is 10.1. The Labute approximate surface area is 150 Å². The molecular weight excluding hydrogens is 316 g/mol. The smallest absolute Gasteiger partial charge is 0.225 e. The number of likely N-dealkylation sites (tertiary alicyclic amines) is 1. The third-order valence-corrected chi connectivity index (χ3v) is 5.06. The van der Waals surface area contributed by atoms with E-state index in [0.29, 0.717) is 0 Å². The van der Waals surface area contributed by atoms with Crippen molar-refractivity contribution in [2.75, 3.05) is 13.7 Å². The van der Waals surface area contributed by atoms with E-state index in [4.69, 9.17) is 4.74 Å². The zero-order valence-electron chi connectivity index (χ0n) is 15.5. The number of hydrogen-bond donors (Lipinski definition) is 1. The lowest BCUT2D eigenvalue weighted by atomic mass is 9.89. The summed E-state index contributed by atoms with van der Waals surface area (Å²) in [5.41, 5.74) is 1.20. The van der Waals surface area contributed by atoms with Gasteiger partial charge in [0.1, 0.15) is 0 Å². The number of nitrogens with one attached hydrogen (secondary N) is 1. The van der Waals surface area contributed by atoms with Gasteiger partial charge in [0, 0.05) is 19.7 Å². The Hall–Kier alpha value is -1.88. The van der Waals surface area contributed by atoms with Crippen LogP contribution in [0.25, 0.3) is 0 Å². The minimum atomic E-state index is -0.311. The Morgan fingerprint density at radius 1 is 1.32 bits per heavy atom. The molecule has 1 saturated heterocycles. The van der Waals surface area contributed by atoms with E-state index in [-0.39, 0.29) is 30.0 Å². The van der Waals surface area contributed by atoms with Gasteiger partial charge in [0.15, 0.2) is 0 Å². The van der Waals surface area contributed by atoms with Crippen molar-refractivity contribution in [2.24, 2.45) is 5.92 Å². The molecule has 0 aliphatic carbocycles. The van der Waals surface area contributed by atoms with E-state index >= 15 is 0 Å². The highest BCUT2D eigenvalue weighted by Gasteiger charge is 2.36. The fraction of sp³-hybridized carbons (Fsp3) is 0.600. The molecular formula is C20H30N2O3. The standard InChI is InChI=1S/C20H30N2O3/c1-15(13-17-9-5-4-6-10-17)21-20(24)16(2)19(25-3)18-11-7-8-12-22(18)14-23/h4-6,9-10,14-16,18-19H,7-8,11-13H2,1-3H3,(H,21,24). The molecule has 4 atom stereocenters. The molecule has 1 fully saturated rings. The molecule has 0 saturated carbocycles. The number of nitrogens with zero attached hydrogens (tertiary/aromatic N) is 1. The summed E-state index contributed by atoms with van der Waals surface area (Å²) in [6.07, 6.45) is 4.36. The van der Waals surface area contributed by atoms with Gasteiger partial charge in [0.05, 0.1) is 18.1 Å². The van der Waals surface area contributed by atoms with Gasteiger partial charge in [0.2, 0.25) is 12.3 Å². The molecule has 5 heteroatoms. The van der Waals surface area contributed by atoms with Crippen LogP contribution < -0.4 is 5.32 Å². The zero-order valence-corrected chi connectivity index (χ0v) is 15.5. The number of hydrogen-bond acceptors (Lipinski definition) is 3. The van der Waals surface area contributed by atoms with Crippen LogP contribution in [0.3, 0.4) is 0 Å². The van der Waals surface area contributed by atoms with Crippen LogP contribution in [0.4, 0.5) is 0 Å². The van der Waals surface area contributed by atoms with E-state index in [1.54, 1.807) is 12.0 Å². The maximum Gasteiger partial charge on any atom is 0.225 e. The van der Waals surface area contributed by atoms with Gasteiger partial charge in [-0.15, -0.1) is 0 Å². The van der Waals surface area contributed by atoms with Gasteiger partial charge in [-0.2, -0.15) is 0 Å². The van der Waals surface area contributed by atoms with Crippen molar-refractivity contribution in [3.05, 3.63) is 35.9 Å². The molecule has 0 spiro atoms. The highest BCUT2D eigenvalue weighted by atomic mass is 16.5. The van der Waals surface area contributed by atoms with E-state index in [1.165, 1.54) is 5.56 Å². The van der Waals surface area contributed by atoms with E-state index in [2.05, 4.69) is 17.4 Å². The summed E-state index contributed by atoms with van der Waals surface area (Å²) in [7, 11) is 1.62. The van der Waals surface area contributed by atoms with Crippen LogP contribution in [-0.4, -0.2) is 49.1 Å². The van der Waals surface area contributed by atoms with Crippen LogP contribution in [-0.2, 0) is 20.7 Å². The lowest BCUT2D eigenvalue weighted by molar-refractivity contribution is -0.137. The van der Waals surface area contributed by atoms with Crippen molar-refractivity contribution >= 4 is 12.3 Å². The third-order valence-electron chi connectivity index (χ3n) is 5.06. The molecule has 138 valence electrons. The molecule has 1 aromatic rings. The van der Waals surface area contributed by atoms with Crippen LogP contribution in [0, 0.1) is 5.92 Å². The van der Waals surface area contributed by atoms with Crippen LogP contribution in [0.5, 0.6) is 0 Å². The molecule has 2 rings (SSSR count). The first-order valence-electron chi connectivity index (χ1n) is 9.15. The zero-order chi connectivity index (χ0) is 18.2. The topological polar surface area (TPSA) is 58.6 Å². The Bertz CT molecular complexity index is 549. The Morgan fingerprint density at radius 3 is 2.68 bits per heavy atom. The minimum Gasteiger partial charge on any atom is -0.378 e. The highest BCUT2D eigenvalue weighted by molar-refractivity contribution is 5.79. The molecule has 1 aliphatic rings. The highest BCUT2D eigenvalue weighted by Crippen LogP contribution is 2.24. The Morgan fingerprint density at radius 2 is 2.04 bits per heavy atom. The lowest BCUT2D eigenvalue weighted by Crippen LogP contribution is -2.52. The van der Waals surface area contributed by atoms with Crippen LogP contribution in [0.1, 0.15) is 38.7 Å². The molecule has 1 aromatic carbocycles. The predicted molar refractivity (Wildman–Crippen MR) is 98.1 cm³/mol. The molecule has 1 N–H and O–H groups in total. The van der Waals surface area contributed by atoms with Gasteiger partial charge in [0.25, 0.3) is 0 Å². The van der Waals surface area contributed by atoms with Gasteiger partial charge in [-0.3, -0.25) is 9.59 Å². The van der Waals surface area contributed by atoms with E-state index < -0.39 is 0 Å². The van der Waals surface area contributed by atoms with E-state index in [1.807, 2.05) is 32.0 Å². The fourth-order valence-electron chi connectivity index (χ4n) is 3.70. The first-order chi connectivity index (χ1) is 12.1. The van der Waals surface area contributed by atoms with Crippen molar-refractivity contribution in [3.8, 4) is 0 Å². The van der Waals surface area contributed by atoms with Gasteiger partial charge in [-0.1, -0.05) is 37.3 Å². The normalized spacial score (nSPS) is 21.2. The summed E-state index contributed by atoms with van der Waals surface area (Å²) in [5, 5.41) is 3.09. The number of rotatable bonds is 8. The SMILES string of the molecule is COC(C(C)C(=O)NC(C)Cc1ccccc1)C1CCCCN1C=O. The van der Waals surface area contributed by atoms with E-state index in [9.17, 15) is 9.59 Å². The van der Waals surface area contributed by atoms with Crippen LogP contribution in [0.2, 0.25) is 0 Å². The van der Waals surface area contributed by atoms with Gasteiger partial charge < -0.3 is 15.0 Å². The number of carbonyl (C=O) groups is 2. The second-order valence-corrected chi connectivity index (χ2v) is 6.99. The number of amides is 2. The fourth-order valence-corrected chi connectivity index (χ4v) is 3.70. The second-order valence-electron chi connectivity index (χ2n) is 6.99. The monoisotopic (exact) mass is 346 g/mol. The average molecular weight is 346 g/mol. The van der Waals surface area contributed by atoms with Crippen molar-refractivity contribution in [3.63, 3.8) is 0 Å². The maximum atomic E-state index is 12.7. The van der Waals surface area contributed by atoms with Crippen molar-refractivity contribution in [1.29, 1.82) is 0 Å². The third kappa shape index (κ3) is 5.30. The first kappa shape index (κ1) is 19.4. The minimum absolute atomic E-state index is 0.0216. The lowest BCUT2D eigenvalue weighted by Gasteiger charge is -2.39. The number of carbonyl (C=O) groups excluding carboxylic acids is 2. The predicted octanol–water partition coefficient (Wildman–Crippen LogP) is 2.40. The summed E-state index contributed by atoms with van der Waals surface area (Å²) >= 11 is 0. The van der Waals surface area contributed by atoms with Crippen LogP contribution in [0.15, 0.2) is 30.3 Å². The molecule has 1 heterocycles. The summed E-state index contributed by atoms with van der Waals surface area (Å²) in [5.74, 6) is -0.333. The van der Waals surface area contributed by atoms with Crippen molar-refractivity contribution in [1.82, 2.24) is 10.2 Å². The molecule has 1 aliphatic heterocycles. The first-order valence-corrected chi connectivity index (χ1v) is 9.15. The van der Waals surface area contributed by atoms with Crippen molar-refractivity contribution in [2.45, 2.75) is 57.7 Å². The molecule has 25 heavy (non-hydrogen) atoms. The molecule has 4 unspecified atom stereocenters. The summed E-state index contributed by atoms with van der Waals surface area (Å²) in [4.78, 5) is 25.8. The second kappa shape index (κ2) is 9.56. The van der Waals surface area contributed by atoms with Crippen molar-refractivity contribution < 1.29 is 14.3 Å². The van der Waals surface area contributed by atoms with Gasteiger partial charge in [-0.05, 0) is 38.2 Å². The average Bonchev–Trinajstić information content (AvgIpc) is 2.63.